The number of nitrogen functional groups attached to an aromatic ring is 1. The van der Waals surface area contributed by atoms with Crippen LogP contribution in [-0.2, 0) is 13.5 Å². The van der Waals surface area contributed by atoms with Crippen LogP contribution in [0, 0.1) is 0 Å². The molecule has 1 aromatic heterocycles. The monoisotopic (exact) mass is 251 g/mol. The van der Waals surface area contributed by atoms with E-state index in [9.17, 15) is 5.11 Å². The summed E-state index contributed by atoms with van der Waals surface area (Å²) in [6.45, 7) is 0. The summed E-state index contributed by atoms with van der Waals surface area (Å²) >= 11 is 5.89. The summed E-state index contributed by atoms with van der Waals surface area (Å²) in [5.74, 6) is 0.486. The van der Waals surface area contributed by atoms with Gasteiger partial charge in [0.05, 0.1) is 12.3 Å². The fraction of sp³-hybridized carbons (Fsp3) is 0.250. The largest absolute Gasteiger partial charge is 0.388 e. The van der Waals surface area contributed by atoms with Crippen molar-refractivity contribution in [3.63, 3.8) is 0 Å². The molecule has 0 radical (unpaired) electrons. The Morgan fingerprint density at radius 2 is 2.29 bits per heavy atom. The Kier molecular flexibility index (Phi) is 3.36. The van der Waals surface area contributed by atoms with E-state index in [1.807, 2.05) is 18.2 Å². The lowest BCUT2D eigenvalue weighted by Crippen LogP contribution is -2.06. The van der Waals surface area contributed by atoms with Gasteiger partial charge in [-0.05, 0) is 17.7 Å². The van der Waals surface area contributed by atoms with Crippen LogP contribution in [0.5, 0.6) is 0 Å². The number of hydrogen-bond acceptors (Lipinski definition) is 3. The van der Waals surface area contributed by atoms with Crippen molar-refractivity contribution in [2.75, 3.05) is 5.73 Å². The highest BCUT2D eigenvalue weighted by Crippen LogP contribution is 2.23. The molecule has 17 heavy (non-hydrogen) atoms. The number of nitrogens with zero attached hydrogens (tertiary/aromatic N) is 2. The number of aromatic nitrogens is 2. The third-order valence-corrected chi connectivity index (χ3v) is 2.93. The molecule has 0 saturated carbocycles. The molecule has 0 spiro atoms. The smallest absolute Gasteiger partial charge is 0.127 e. The minimum absolute atomic E-state index is 0.469. The number of aliphatic hydroxyl groups is 1. The van der Waals surface area contributed by atoms with Gasteiger partial charge in [-0.3, -0.25) is 4.68 Å². The van der Waals surface area contributed by atoms with Crippen LogP contribution in [0.1, 0.15) is 17.2 Å². The average Bonchev–Trinajstić information content (AvgIpc) is 2.60. The van der Waals surface area contributed by atoms with Gasteiger partial charge in [0, 0.05) is 24.1 Å². The molecule has 0 aliphatic rings. The number of hydrogen-bond donors (Lipinski definition) is 2. The molecule has 1 unspecified atom stereocenters. The number of nitrogens with two attached hydrogens (primary N) is 1. The van der Waals surface area contributed by atoms with E-state index >= 15 is 0 Å². The Balaban J connectivity index is 2.17. The second-order valence-corrected chi connectivity index (χ2v) is 4.40. The molecule has 90 valence electrons. The van der Waals surface area contributed by atoms with Crippen molar-refractivity contribution in [2.24, 2.45) is 7.05 Å². The van der Waals surface area contributed by atoms with Crippen LogP contribution in [0.2, 0.25) is 5.02 Å². The first-order valence-corrected chi connectivity index (χ1v) is 5.65. The number of benzene rings is 1. The lowest BCUT2D eigenvalue weighted by molar-refractivity contribution is 0.179. The Labute approximate surface area is 105 Å². The first-order valence-electron chi connectivity index (χ1n) is 5.28. The molecule has 0 aliphatic heterocycles. The maximum absolute atomic E-state index is 10.1. The summed E-state index contributed by atoms with van der Waals surface area (Å²) < 4.78 is 1.54. The second-order valence-electron chi connectivity index (χ2n) is 3.96. The molecule has 1 aromatic carbocycles. The van der Waals surface area contributed by atoms with E-state index in [0.29, 0.717) is 22.8 Å². The maximum Gasteiger partial charge on any atom is 0.127 e. The first kappa shape index (κ1) is 12.0. The van der Waals surface area contributed by atoms with Crippen LogP contribution in [0.15, 0.2) is 30.5 Å². The van der Waals surface area contributed by atoms with Gasteiger partial charge in [0.1, 0.15) is 5.82 Å². The van der Waals surface area contributed by atoms with E-state index in [-0.39, 0.29) is 0 Å². The molecule has 2 rings (SSSR count). The van der Waals surface area contributed by atoms with Crippen molar-refractivity contribution in [2.45, 2.75) is 12.5 Å². The molecular formula is C12H14ClN3O. The lowest BCUT2D eigenvalue weighted by atomic mass is 10.0. The summed E-state index contributed by atoms with van der Waals surface area (Å²) in [4.78, 5) is 0. The van der Waals surface area contributed by atoms with E-state index in [0.717, 1.165) is 5.56 Å². The van der Waals surface area contributed by atoms with Gasteiger partial charge in [-0.15, -0.1) is 0 Å². The average molecular weight is 252 g/mol. The highest BCUT2D eigenvalue weighted by molar-refractivity contribution is 6.30. The van der Waals surface area contributed by atoms with Crippen molar-refractivity contribution < 1.29 is 5.11 Å². The summed E-state index contributed by atoms with van der Waals surface area (Å²) in [5.41, 5.74) is 7.41. The Morgan fingerprint density at radius 1 is 1.53 bits per heavy atom. The minimum atomic E-state index is -0.665. The van der Waals surface area contributed by atoms with Crippen LogP contribution in [0.25, 0.3) is 0 Å². The van der Waals surface area contributed by atoms with E-state index in [1.54, 1.807) is 19.3 Å². The quantitative estimate of drug-likeness (QED) is 0.876. The van der Waals surface area contributed by atoms with E-state index in [4.69, 9.17) is 17.3 Å². The molecular weight excluding hydrogens is 238 g/mol. The molecule has 0 amide bonds. The molecule has 4 nitrogen and oxygen atoms in total. The molecule has 1 heterocycles. The molecule has 2 aromatic rings. The number of rotatable bonds is 3. The van der Waals surface area contributed by atoms with E-state index < -0.39 is 6.10 Å². The fourth-order valence-corrected chi connectivity index (χ4v) is 1.93. The zero-order chi connectivity index (χ0) is 12.4. The normalized spacial score (nSPS) is 12.6. The first-order chi connectivity index (χ1) is 8.08. The van der Waals surface area contributed by atoms with E-state index in [1.165, 1.54) is 4.68 Å². The van der Waals surface area contributed by atoms with Crippen molar-refractivity contribution >= 4 is 17.4 Å². The molecule has 5 heteroatoms. The van der Waals surface area contributed by atoms with Crippen LogP contribution >= 0.6 is 11.6 Å². The van der Waals surface area contributed by atoms with Gasteiger partial charge >= 0.3 is 0 Å². The zero-order valence-electron chi connectivity index (χ0n) is 9.47. The predicted octanol–water partition coefficient (Wildman–Crippen LogP) is 1.93. The third-order valence-electron chi connectivity index (χ3n) is 2.69. The molecule has 0 aliphatic carbocycles. The van der Waals surface area contributed by atoms with Gasteiger partial charge in [0.15, 0.2) is 0 Å². The van der Waals surface area contributed by atoms with Gasteiger partial charge in [0.25, 0.3) is 0 Å². The van der Waals surface area contributed by atoms with Gasteiger partial charge in [-0.1, -0.05) is 23.7 Å². The molecule has 0 bridgehead atoms. The highest BCUT2D eigenvalue weighted by Gasteiger charge is 2.15. The number of halogens is 1. The summed E-state index contributed by atoms with van der Waals surface area (Å²) in [7, 11) is 1.74. The lowest BCUT2D eigenvalue weighted by Gasteiger charge is -2.10. The SMILES string of the molecule is Cn1ncc(C(O)Cc2cccc(Cl)c2)c1N. The van der Waals surface area contributed by atoms with Gasteiger partial charge in [-0.25, -0.2) is 0 Å². The van der Waals surface area contributed by atoms with Crippen molar-refractivity contribution in [3.8, 4) is 0 Å². The van der Waals surface area contributed by atoms with E-state index in [2.05, 4.69) is 5.10 Å². The summed E-state index contributed by atoms with van der Waals surface area (Å²) in [6.07, 6.45) is 1.39. The number of anilines is 1. The predicted molar refractivity (Wildman–Crippen MR) is 67.7 cm³/mol. The van der Waals surface area contributed by atoms with Crippen LogP contribution in [-0.4, -0.2) is 14.9 Å². The standard InChI is InChI=1S/C12H14ClN3O/c1-16-12(14)10(7-15-16)11(17)6-8-3-2-4-9(13)5-8/h2-5,7,11,17H,6,14H2,1H3. The van der Waals surface area contributed by atoms with Crippen molar-refractivity contribution in [1.29, 1.82) is 0 Å². The van der Waals surface area contributed by atoms with Crippen LogP contribution in [0.3, 0.4) is 0 Å². The third kappa shape index (κ3) is 2.60. The Hall–Kier alpha value is -1.52. The minimum Gasteiger partial charge on any atom is -0.388 e. The van der Waals surface area contributed by atoms with Crippen LogP contribution < -0.4 is 5.73 Å². The molecule has 0 saturated heterocycles. The Bertz CT molecular complexity index is 524. The van der Waals surface area contributed by atoms with Gasteiger partial charge < -0.3 is 10.8 Å². The summed E-state index contributed by atoms with van der Waals surface area (Å²) in [6, 6.07) is 7.41. The molecule has 3 N–H and O–H groups in total. The van der Waals surface area contributed by atoms with Crippen molar-refractivity contribution in [1.82, 2.24) is 9.78 Å². The van der Waals surface area contributed by atoms with Crippen LogP contribution in [0.4, 0.5) is 5.82 Å². The highest BCUT2D eigenvalue weighted by atomic mass is 35.5. The molecule has 0 fully saturated rings. The fourth-order valence-electron chi connectivity index (χ4n) is 1.72. The summed E-state index contributed by atoms with van der Waals surface area (Å²) in [5, 5.41) is 14.7. The number of aliphatic hydroxyl groups excluding tert-OH is 1. The van der Waals surface area contributed by atoms with Crippen molar-refractivity contribution in [3.05, 3.63) is 46.6 Å². The van der Waals surface area contributed by atoms with Gasteiger partial charge in [0.2, 0.25) is 0 Å². The zero-order valence-corrected chi connectivity index (χ0v) is 10.2. The Morgan fingerprint density at radius 3 is 2.88 bits per heavy atom. The van der Waals surface area contributed by atoms with Gasteiger partial charge in [-0.2, -0.15) is 5.10 Å². The maximum atomic E-state index is 10.1. The number of aryl methyl sites for hydroxylation is 1. The second kappa shape index (κ2) is 4.77. The topological polar surface area (TPSA) is 64.1 Å². The molecule has 1 atom stereocenters.